The van der Waals surface area contributed by atoms with E-state index in [1.165, 1.54) is 6.26 Å². The molecule has 0 aliphatic carbocycles. The van der Waals surface area contributed by atoms with Crippen molar-refractivity contribution in [2.45, 2.75) is 32.1 Å². The van der Waals surface area contributed by atoms with Crippen LogP contribution in [0.25, 0.3) is 0 Å². The van der Waals surface area contributed by atoms with Crippen molar-refractivity contribution in [3.63, 3.8) is 0 Å². The summed E-state index contributed by atoms with van der Waals surface area (Å²) < 4.78 is 10.2. The second kappa shape index (κ2) is 6.12. The molecule has 0 spiro atoms. The van der Waals surface area contributed by atoms with Gasteiger partial charge in [0.1, 0.15) is 11.3 Å². The number of rotatable bonds is 6. The number of esters is 1. The minimum absolute atomic E-state index is 0.221. The van der Waals surface area contributed by atoms with Crippen molar-refractivity contribution in [1.29, 1.82) is 0 Å². The van der Waals surface area contributed by atoms with E-state index in [1.807, 2.05) is 13.8 Å². The fourth-order valence-corrected chi connectivity index (χ4v) is 2.29. The zero-order valence-corrected chi connectivity index (χ0v) is 11.3. The summed E-state index contributed by atoms with van der Waals surface area (Å²) >= 11 is 1.64. The molecule has 0 fully saturated rings. The van der Waals surface area contributed by atoms with E-state index < -0.39 is 0 Å². The number of carbonyl (C=O) groups excluding carboxylic acids is 1. The highest BCUT2D eigenvalue weighted by molar-refractivity contribution is 7.98. The lowest BCUT2D eigenvalue weighted by Crippen LogP contribution is -2.34. The van der Waals surface area contributed by atoms with Gasteiger partial charge in [0.2, 0.25) is 0 Å². The van der Waals surface area contributed by atoms with E-state index in [0.717, 1.165) is 5.75 Å². The van der Waals surface area contributed by atoms with Crippen molar-refractivity contribution in [2.24, 2.45) is 5.73 Å². The van der Waals surface area contributed by atoms with E-state index in [9.17, 15) is 4.79 Å². The number of ether oxygens (including phenoxy) is 1. The molecular weight excluding hydrogens is 238 g/mol. The van der Waals surface area contributed by atoms with Crippen LogP contribution in [0.4, 0.5) is 0 Å². The van der Waals surface area contributed by atoms with E-state index in [1.54, 1.807) is 24.8 Å². The molecule has 0 radical (unpaired) electrons. The molecule has 5 heteroatoms. The summed E-state index contributed by atoms with van der Waals surface area (Å²) in [5.41, 5.74) is 6.17. The third kappa shape index (κ3) is 4.83. The SMILES string of the molecule is CCOC(=O)c1ccoc1CSCC(C)(C)N. The van der Waals surface area contributed by atoms with Crippen molar-refractivity contribution in [2.75, 3.05) is 12.4 Å². The summed E-state index contributed by atoms with van der Waals surface area (Å²) in [4.78, 5) is 11.6. The van der Waals surface area contributed by atoms with Gasteiger partial charge in [0.05, 0.1) is 18.6 Å². The molecule has 0 unspecified atom stereocenters. The normalized spacial score (nSPS) is 11.5. The first-order valence-electron chi connectivity index (χ1n) is 5.54. The number of thioether (sulfide) groups is 1. The summed E-state index contributed by atoms with van der Waals surface area (Å²) in [6.45, 7) is 6.08. The number of hydrogen-bond acceptors (Lipinski definition) is 5. The molecule has 0 saturated heterocycles. The minimum atomic E-state index is -0.330. The van der Waals surface area contributed by atoms with Crippen molar-refractivity contribution >= 4 is 17.7 Å². The fraction of sp³-hybridized carbons (Fsp3) is 0.583. The Morgan fingerprint density at radius 3 is 2.88 bits per heavy atom. The molecule has 4 nitrogen and oxygen atoms in total. The predicted octanol–water partition coefficient (Wildman–Crippen LogP) is 2.43. The van der Waals surface area contributed by atoms with Crippen molar-refractivity contribution in [1.82, 2.24) is 0 Å². The van der Waals surface area contributed by atoms with E-state index in [4.69, 9.17) is 14.9 Å². The molecule has 0 amide bonds. The zero-order valence-electron chi connectivity index (χ0n) is 10.5. The predicted molar refractivity (Wildman–Crippen MR) is 69.1 cm³/mol. The molecule has 0 aliphatic rings. The Bertz CT molecular complexity index is 368. The molecule has 1 aromatic rings. The first-order chi connectivity index (χ1) is 7.94. The van der Waals surface area contributed by atoms with Gasteiger partial charge >= 0.3 is 5.97 Å². The Morgan fingerprint density at radius 2 is 2.29 bits per heavy atom. The van der Waals surface area contributed by atoms with Crippen molar-refractivity contribution < 1.29 is 13.9 Å². The van der Waals surface area contributed by atoms with Crippen LogP contribution in [0.5, 0.6) is 0 Å². The van der Waals surface area contributed by atoms with Crippen molar-refractivity contribution in [3.05, 3.63) is 23.7 Å². The molecular formula is C12H19NO3S. The van der Waals surface area contributed by atoms with Gasteiger partial charge in [0.25, 0.3) is 0 Å². The molecule has 1 heterocycles. The second-order valence-corrected chi connectivity index (χ2v) is 5.44. The van der Waals surface area contributed by atoms with E-state index >= 15 is 0 Å². The highest BCUT2D eigenvalue weighted by Crippen LogP contribution is 2.21. The topological polar surface area (TPSA) is 65.5 Å². The zero-order chi connectivity index (χ0) is 12.9. The van der Waals surface area contributed by atoms with E-state index in [0.29, 0.717) is 23.7 Å². The Balaban J connectivity index is 2.54. The maximum absolute atomic E-state index is 11.6. The first-order valence-corrected chi connectivity index (χ1v) is 6.69. The molecule has 0 atom stereocenters. The largest absolute Gasteiger partial charge is 0.468 e. The van der Waals surface area contributed by atoms with Gasteiger partial charge in [-0.1, -0.05) is 0 Å². The molecule has 17 heavy (non-hydrogen) atoms. The Labute approximate surface area is 106 Å². The van der Waals surface area contributed by atoms with Crippen LogP contribution in [0.2, 0.25) is 0 Å². The molecule has 0 aliphatic heterocycles. The first kappa shape index (κ1) is 14.1. The average molecular weight is 257 g/mol. The van der Waals surface area contributed by atoms with Crippen LogP contribution in [-0.4, -0.2) is 23.9 Å². The van der Waals surface area contributed by atoms with Gasteiger partial charge < -0.3 is 14.9 Å². The second-order valence-electron chi connectivity index (χ2n) is 4.46. The number of carbonyl (C=O) groups is 1. The summed E-state index contributed by atoms with van der Waals surface area (Å²) in [6, 6.07) is 1.64. The maximum atomic E-state index is 11.6. The summed E-state index contributed by atoms with van der Waals surface area (Å²) in [7, 11) is 0. The molecule has 1 aromatic heterocycles. The van der Waals surface area contributed by atoms with Gasteiger partial charge in [-0.2, -0.15) is 11.8 Å². The van der Waals surface area contributed by atoms with Gasteiger partial charge in [0.15, 0.2) is 0 Å². The number of hydrogen-bond donors (Lipinski definition) is 1. The van der Waals surface area contributed by atoms with Gasteiger partial charge in [-0.25, -0.2) is 4.79 Å². The Morgan fingerprint density at radius 1 is 1.59 bits per heavy atom. The maximum Gasteiger partial charge on any atom is 0.341 e. The Kier molecular flexibility index (Phi) is 5.08. The van der Waals surface area contributed by atoms with Gasteiger partial charge in [-0.15, -0.1) is 0 Å². The minimum Gasteiger partial charge on any atom is -0.468 e. The summed E-state index contributed by atoms with van der Waals surface area (Å²) in [5.74, 6) is 1.75. The van der Waals surface area contributed by atoms with Gasteiger partial charge in [-0.3, -0.25) is 0 Å². The lowest BCUT2D eigenvalue weighted by molar-refractivity contribution is 0.0524. The highest BCUT2D eigenvalue weighted by Gasteiger charge is 2.17. The summed E-state index contributed by atoms with van der Waals surface area (Å²) in [5, 5.41) is 0. The lowest BCUT2D eigenvalue weighted by Gasteiger charge is -2.17. The number of furan rings is 1. The van der Waals surface area contributed by atoms with E-state index in [2.05, 4.69) is 0 Å². The molecule has 0 aromatic carbocycles. The fourth-order valence-electron chi connectivity index (χ4n) is 1.25. The molecule has 0 saturated carbocycles. The van der Waals surface area contributed by atoms with Crippen LogP contribution in [0, 0.1) is 0 Å². The van der Waals surface area contributed by atoms with Crippen LogP contribution in [0.3, 0.4) is 0 Å². The monoisotopic (exact) mass is 257 g/mol. The number of nitrogens with two attached hydrogens (primary N) is 1. The smallest absolute Gasteiger partial charge is 0.341 e. The van der Waals surface area contributed by atoms with Crippen LogP contribution in [-0.2, 0) is 10.5 Å². The average Bonchev–Trinajstić information content (AvgIpc) is 2.64. The van der Waals surface area contributed by atoms with Crippen LogP contribution in [0.15, 0.2) is 16.7 Å². The molecule has 96 valence electrons. The molecule has 0 bridgehead atoms. The third-order valence-corrected chi connectivity index (χ3v) is 3.36. The summed E-state index contributed by atoms with van der Waals surface area (Å²) in [6.07, 6.45) is 1.51. The molecule has 1 rings (SSSR count). The lowest BCUT2D eigenvalue weighted by atomic mass is 10.1. The van der Waals surface area contributed by atoms with Crippen molar-refractivity contribution in [3.8, 4) is 0 Å². The van der Waals surface area contributed by atoms with Gasteiger partial charge in [0, 0.05) is 11.3 Å². The standard InChI is InChI=1S/C12H19NO3S/c1-4-15-11(14)9-5-6-16-10(9)7-17-8-12(2,3)13/h5-6H,4,7-8,13H2,1-3H3. The van der Waals surface area contributed by atoms with Crippen LogP contribution >= 0.6 is 11.8 Å². The highest BCUT2D eigenvalue weighted by atomic mass is 32.2. The van der Waals surface area contributed by atoms with E-state index in [-0.39, 0.29) is 11.5 Å². The molecule has 2 N–H and O–H groups in total. The quantitative estimate of drug-likeness (QED) is 0.793. The van der Waals surface area contributed by atoms with Crippen LogP contribution in [0.1, 0.15) is 36.9 Å². The Hall–Kier alpha value is -0.940. The third-order valence-electron chi connectivity index (χ3n) is 1.95. The van der Waals surface area contributed by atoms with Crippen LogP contribution < -0.4 is 5.73 Å². The van der Waals surface area contributed by atoms with Gasteiger partial charge in [-0.05, 0) is 26.8 Å².